The van der Waals surface area contributed by atoms with Crippen molar-refractivity contribution >= 4 is 44.5 Å². The smallest absolute Gasteiger partial charge is 0.276 e. The number of thioether (sulfide) groups is 1. The summed E-state index contributed by atoms with van der Waals surface area (Å²) in [5, 5.41) is 11.2. The molecular formula is C21H19BrN4O3S. The predicted octanol–water partition coefficient (Wildman–Crippen LogP) is 2.53. The van der Waals surface area contributed by atoms with Crippen LogP contribution in [-0.4, -0.2) is 36.1 Å². The van der Waals surface area contributed by atoms with E-state index >= 15 is 0 Å². The number of ether oxygens (including phenoxy) is 2. The average molecular weight is 487 g/mol. The number of benzene rings is 2. The topological polar surface area (TPSA) is 75.5 Å². The number of hydrazone groups is 1. The lowest BCUT2D eigenvalue weighted by Crippen LogP contribution is -2.50. The summed E-state index contributed by atoms with van der Waals surface area (Å²) in [6, 6.07) is 11.3. The summed E-state index contributed by atoms with van der Waals surface area (Å²) in [4.78, 5) is 17.9. The Kier molecular flexibility index (Phi) is 5.83. The average Bonchev–Trinajstić information content (AvgIpc) is 2.76. The summed E-state index contributed by atoms with van der Waals surface area (Å²) in [7, 11) is 3.16. The highest BCUT2D eigenvalue weighted by Crippen LogP contribution is 2.40. The molecule has 0 bridgehead atoms. The van der Waals surface area contributed by atoms with E-state index in [4.69, 9.17) is 19.6 Å². The van der Waals surface area contributed by atoms with Crippen LogP contribution in [0.3, 0.4) is 0 Å². The van der Waals surface area contributed by atoms with Crippen LogP contribution in [-0.2, 0) is 4.79 Å². The van der Waals surface area contributed by atoms with Crippen molar-refractivity contribution in [1.82, 2.24) is 10.3 Å². The zero-order valence-corrected chi connectivity index (χ0v) is 18.8. The standard InChI is InChI=1S/C21H19BrN4O3S/c1-4-9-30-21-24-20(27)17-13-7-5-6-8-15(13)23-19(26(17)25-21)12-10-14(22)18(29-3)16(11-12)28-2/h4-8,10-11,19H,1,9H2,2-3H3,(H,24,25,27). The van der Waals surface area contributed by atoms with Crippen LogP contribution in [0.1, 0.15) is 11.7 Å². The molecular weight excluding hydrogens is 468 g/mol. The van der Waals surface area contributed by atoms with Crippen molar-refractivity contribution in [2.75, 3.05) is 20.0 Å². The zero-order valence-electron chi connectivity index (χ0n) is 16.4. The summed E-state index contributed by atoms with van der Waals surface area (Å²) < 4.78 is 11.6. The number of halogens is 1. The monoisotopic (exact) mass is 486 g/mol. The predicted molar refractivity (Wildman–Crippen MR) is 121 cm³/mol. The Morgan fingerprint density at radius 3 is 2.83 bits per heavy atom. The number of nitrogens with one attached hydrogen (secondary N) is 1. The molecule has 2 aliphatic heterocycles. The van der Waals surface area contributed by atoms with E-state index in [0.29, 0.717) is 28.1 Å². The van der Waals surface area contributed by atoms with Gasteiger partial charge in [-0.3, -0.25) is 15.1 Å². The van der Waals surface area contributed by atoms with Gasteiger partial charge in [-0.1, -0.05) is 36.0 Å². The number of carbonyl (C=O) groups is 1. The molecule has 0 aliphatic carbocycles. The Balaban J connectivity index is 1.92. The summed E-state index contributed by atoms with van der Waals surface area (Å²) in [6.07, 6.45) is 1.22. The van der Waals surface area contributed by atoms with Crippen LogP contribution in [0.5, 0.6) is 11.5 Å². The number of nitrogens with zero attached hydrogens (tertiary/aromatic N) is 3. The third-order valence-electron chi connectivity index (χ3n) is 4.61. The number of amidine groups is 1. The highest BCUT2D eigenvalue weighted by Gasteiger charge is 2.35. The molecule has 0 saturated carbocycles. The Hall–Kier alpha value is -2.78. The summed E-state index contributed by atoms with van der Waals surface area (Å²) in [5.74, 6) is 1.55. The number of methoxy groups -OCH3 is 2. The molecule has 0 saturated heterocycles. The number of hydrogen-bond donors (Lipinski definition) is 1. The van der Waals surface area contributed by atoms with E-state index in [1.807, 2.05) is 36.4 Å². The molecule has 4 rings (SSSR count). The molecule has 7 nitrogen and oxygen atoms in total. The molecule has 0 spiro atoms. The first-order chi connectivity index (χ1) is 14.6. The molecule has 2 heterocycles. The minimum Gasteiger partial charge on any atom is -0.493 e. The van der Waals surface area contributed by atoms with E-state index in [0.717, 1.165) is 20.6 Å². The maximum atomic E-state index is 13.0. The van der Waals surface area contributed by atoms with E-state index in [-0.39, 0.29) is 5.91 Å². The molecule has 30 heavy (non-hydrogen) atoms. The maximum absolute atomic E-state index is 13.0. The third kappa shape index (κ3) is 3.59. The van der Waals surface area contributed by atoms with Crippen LogP contribution in [0.2, 0.25) is 0 Å². The molecule has 0 aromatic heterocycles. The van der Waals surface area contributed by atoms with Crippen molar-refractivity contribution in [1.29, 1.82) is 0 Å². The number of rotatable bonds is 5. The molecule has 1 unspecified atom stereocenters. The Labute approximate surface area is 186 Å². The minimum atomic E-state index is -0.545. The van der Waals surface area contributed by atoms with Gasteiger partial charge in [0.15, 0.2) is 22.8 Å². The highest BCUT2D eigenvalue weighted by atomic mass is 79.9. The SMILES string of the molecule is C=CCSC1=NN2C(=c3ccccc3=NC2c2cc(Br)c(OC)c(OC)c2)C(=O)N1. The van der Waals surface area contributed by atoms with E-state index in [2.05, 4.69) is 27.8 Å². The fourth-order valence-electron chi connectivity index (χ4n) is 3.33. The highest BCUT2D eigenvalue weighted by molar-refractivity contribution is 9.10. The second kappa shape index (κ2) is 8.53. The third-order valence-corrected chi connectivity index (χ3v) is 6.06. The van der Waals surface area contributed by atoms with Crippen molar-refractivity contribution in [3.8, 4) is 11.5 Å². The maximum Gasteiger partial charge on any atom is 0.276 e. The first-order valence-electron chi connectivity index (χ1n) is 9.09. The van der Waals surface area contributed by atoms with E-state index < -0.39 is 6.17 Å². The van der Waals surface area contributed by atoms with Gasteiger partial charge in [0.25, 0.3) is 5.91 Å². The van der Waals surface area contributed by atoms with Crippen molar-refractivity contribution < 1.29 is 14.3 Å². The van der Waals surface area contributed by atoms with E-state index in [9.17, 15) is 4.79 Å². The van der Waals surface area contributed by atoms with Gasteiger partial charge >= 0.3 is 0 Å². The Bertz CT molecular complexity index is 1180. The Morgan fingerprint density at radius 1 is 1.30 bits per heavy atom. The van der Waals surface area contributed by atoms with Crippen molar-refractivity contribution in [2.24, 2.45) is 10.1 Å². The van der Waals surface area contributed by atoms with Gasteiger partial charge in [-0.15, -0.1) is 11.7 Å². The second-order valence-corrected chi connectivity index (χ2v) is 8.27. The molecule has 2 aliphatic rings. The molecule has 1 amide bonds. The number of hydrogen-bond acceptors (Lipinski definition) is 7. The lowest BCUT2D eigenvalue weighted by Gasteiger charge is -2.34. The fourth-order valence-corrected chi connectivity index (χ4v) is 4.54. The molecule has 2 aromatic carbocycles. The number of carbonyl (C=O) groups excluding carboxylic acids is 1. The fraction of sp³-hybridized carbons (Fsp3) is 0.190. The summed E-state index contributed by atoms with van der Waals surface area (Å²) in [6.45, 7) is 3.73. The Morgan fingerprint density at radius 2 is 2.10 bits per heavy atom. The molecule has 1 atom stereocenters. The van der Waals surface area contributed by atoms with Crippen LogP contribution in [0.4, 0.5) is 0 Å². The molecule has 2 aromatic rings. The van der Waals surface area contributed by atoms with Crippen molar-refractivity contribution in [2.45, 2.75) is 6.17 Å². The molecule has 0 fully saturated rings. The first-order valence-corrected chi connectivity index (χ1v) is 10.9. The van der Waals surface area contributed by atoms with E-state index in [1.54, 1.807) is 25.3 Å². The summed E-state index contributed by atoms with van der Waals surface area (Å²) in [5.41, 5.74) is 1.26. The quantitative estimate of drug-likeness (QED) is 0.657. The van der Waals surface area contributed by atoms with Gasteiger partial charge in [0.05, 0.1) is 24.0 Å². The number of para-hydroxylation sites is 1. The summed E-state index contributed by atoms with van der Waals surface area (Å²) >= 11 is 4.94. The molecule has 1 N–H and O–H groups in total. The van der Waals surface area contributed by atoms with Gasteiger partial charge in [-0.05, 0) is 34.1 Å². The van der Waals surface area contributed by atoms with Crippen LogP contribution < -0.4 is 25.4 Å². The van der Waals surface area contributed by atoms with Crippen molar-refractivity contribution in [3.63, 3.8) is 0 Å². The van der Waals surface area contributed by atoms with Crippen LogP contribution >= 0.6 is 27.7 Å². The molecule has 0 radical (unpaired) electrons. The van der Waals surface area contributed by atoms with Crippen LogP contribution in [0.15, 0.2) is 63.6 Å². The zero-order chi connectivity index (χ0) is 21.3. The van der Waals surface area contributed by atoms with Gasteiger partial charge in [0.1, 0.15) is 5.70 Å². The second-order valence-electron chi connectivity index (χ2n) is 6.41. The lowest BCUT2D eigenvalue weighted by molar-refractivity contribution is -0.116. The van der Waals surface area contributed by atoms with Crippen LogP contribution in [0.25, 0.3) is 5.70 Å². The van der Waals surface area contributed by atoms with Crippen LogP contribution in [0, 0.1) is 0 Å². The van der Waals surface area contributed by atoms with Gasteiger partial charge in [0, 0.05) is 16.5 Å². The number of amides is 1. The van der Waals surface area contributed by atoms with E-state index in [1.165, 1.54) is 11.8 Å². The molecule has 154 valence electrons. The largest absolute Gasteiger partial charge is 0.493 e. The van der Waals surface area contributed by atoms with Crippen molar-refractivity contribution in [3.05, 3.63) is 69.7 Å². The normalized spacial score (nSPS) is 17.2. The van der Waals surface area contributed by atoms with Gasteiger partial charge < -0.3 is 9.47 Å². The molecule has 9 heteroatoms. The first kappa shape index (κ1) is 20.5. The lowest BCUT2D eigenvalue weighted by atomic mass is 10.1. The van der Waals surface area contributed by atoms with Gasteiger partial charge in [0.2, 0.25) is 0 Å². The van der Waals surface area contributed by atoms with Gasteiger partial charge in [-0.2, -0.15) is 0 Å². The van der Waals surface area contributed by atoms with Gasteiger partial charge in [-0.25, -0.2) is 5.01 Å². The number of fused-ring (bicyclic) bond motifs is 2. The minimum absolute atomic E-state index is 0.219.